The molecule has 0 aromatic carbocycles. The summed E-state index contributed by atoms with van der Waals surface area (Å²) >= 11 is 0. The Labute approximate surface area is 153 Å². The summed E-state index contributed by atoms with van der Waals surface area (Å²) in [6, 6.07) is -0.683. The van der Waals surface area contributed by atoms with Crippen molar-refractivity contribution < 1.29 is 14.3 Å². The highest BCUT2D eigenvalue weighted by Crippen LogP contribution is 2.12. The minimum absolute atomic E-state index is 0.194. The highest BCUT2D eigenvalue weighted by atomic mass is 16.5. The number of carbonyl (C=O) groups excluding carboxylic acids is 2. The summed E-state index contributed by atoms with van der Waals surface area (Å²) in [6.45, 7) is 2.72. The first kappa shape index (κ1) is 23.7. The van der Waals surface area contributed by atoms with E-state index in [1.165, 1.54) is 64.2 Å². The van der Waals surface area contributed by atoms with Gasteiger partial charge in [-0.15, -0.1) is 0 Å². The van der Waals surface area contributed by atoms with E-state index >= 15 is 0 Å². The number of ether oxygens (including phenoxy) is 1. The SMILES string of the molecule is CCCCCCCCCCCCCCOC(=O)CCC(N)NC(N)=O. The summed E-state index contributed by atoms with van der Waals surface area (Å²) in [5, 5.41) is 2.32. The number of unbranched alkanes of at least 4 members (excludes halogenated alkanes) is 11. The quantitative estimate of drug-likeness (QED) is 0.208. The summed E-state index contributed by atoms with van der Waals surface area (Å²) in [6.07, 6.45) is 15.3. The maximum Gasteiger partial charge on any atom is 0.313 e. The highest BCUT2D eigenvalue weighted by molar-refractivity contribution is 5.72. The number of carbonyl (C=O) groups is 2. The predicted octanol–water partition coefficient (Wildman–Crippen LogP) is 3.96. The van der Waals surface area contributed by atoms with Crippen LogP contribution < -0.4 is 16.8 Å². The summed E-state index contributed by atoms with van der Waals surface area (Å²) < 4.78 is 5.15. The summed E-state index contributed by atoms with van der Waals surface area (Å²) in [7, 11) is 0. The molecule has 0 aliphatic heterocycles. The van der Waals surface area contributed by atoms with Gasteiger partial charge in [0.2, 0.25) is 0 Å². The van der Waals surface area contributed by atoms with Crippen LogP contribution in [0.4, 0.5) is 4.79 Å². The summed E-state index contributed by atoms with van der Waals surface area (Å²) in [5.74, 6) is -0.273. The molecule has 0 aliphatic rings. The number of nitrogens with two attached hydrogens (primary N) is 2. The van der Waals surface area contributed by atoms with Gasteiger partial charge in [0.05, 0.1) is 12.8 Å². The lowest BCUT2D eigenvalue weighted by atomic mass is 10.1. The van der Waals surface area contributed by atoms with Gasteiger partial charge >= 0.3 is 12.0 Å². The molecule has 25 heavy (non-hydrogen) atoms. The molecule has 0 saturated heterocycles. The highest BCUT2D eigenvalue weighted by Gasteiger charge is 2.08. The fraction of sp³-hybridized carbons (Fsp3) is 0.895. The normalized spacial score (nSPS) is 11.9. The molecular formula is C19H39N3O3. The van der Waals surface area contributed by atoms with E-state index in [1.54, 1.807) is 0 Å². The topological polar surface area (TPSA) is 107 Å². The smallest absolute Gasteiger partial charge is 0.313 e. The van der Waals surface area contributed by atoms with E-state index in [-0.39, 0.29) is 12.4 Å². The lowest BCUT2D eigenvalue weighted by Crippen LogP contribution is -2.44. The number of nitrogens with one attached hydrogen (secondary N) is 1. The van der Waals surface area contributed by atoms with E-state index in [0.29, 0.717) is 13.0 Å². The van der Waals surface area contributed by atoms with E-state index in [2.05, 4.69) is 12.2 Å². The average Bonchev–Trinajstić information content (AvgIpc) is 2.56. The van der Waals surface area contributed by atoms with Crippen LogP contribution in [0.1, 0.15) is 96.8 Å². The molecule has 0 fully saturated rings. The molecular weight excluding hydrogens is 318 g/mol. The van der Waals surface area contributed by atoms with Gasteiger partial charge in [0.25, 0.3) is 0 Å². The van der Waals surface area contributed by atoms with Crippen molar-refractivity contribution in [3.8, 4) is 0 Å². The van der Waals surface area contributed by atoms with Crippen LogP contribution in [-0.2, 0) is 9.53 Å². The van der Waals surface area contributed by atoms with Gasteiger partial charge in [-0.3, -0.25) is 4.79 Å². The predicted molar refractivity (Wildman–Crippen MR) is 102 cm³/mol. The molecule has 0 spiro atoms. The van der Waals surface area contributed by atoms with Crippen molar-refractivity contribution in [1.29, 1.82) is 0 Å². The molecule has 0 aromatic heterocycles. The van der Waals surface area contributed by atoms with Gasteiger partial charge in [0, 0.05) is 6.42 Å². The number of hydrogen-bond acceptors (Lipinski definition) is 4. The van der Waals surface area contributed by atoms with Crippen molar-refractivity contribution in [2.24, 2.45) is 11.5 Å². The first-order valence-corrected chi connectivity index (χ1v) is 10.0. The van der Waals surface area contributed by atoms with Crippen molar-refractivity contribution in [2.45, 2.75) is 103 Å². The fourth-order valence-electron chi connectivity index (χ4n) is 2.73. The third-order valence-electron chi connectivity index (χ3n) is 4.25. The van der Waals surface area contributed by atoms with Gasteiger partial charge in [-0.2, -0.15) is 0 Å². The van der Waals surface area contributed by atoms with Crippen LogP contribution in [0.2, 0.25) is 0 Å². The Bertz CT molecular complexity index is 338. The zero-order valence-corrected chi connectivity index (χ0v) is 16.1. The molecule has 0 rings (SSSR count). The van der Waals surface area contributed by atoms with Gasteiger partial charge in [0.15, 0.2) is 0 Å². The Morgan fingerprint density at radius 2 is 1.36 bits per heavy atom. The molecule has 1 atom stereocenters. The molecule has 5 N–H and O–H groups in total. The summed E-state index contributed by atoms with van der Waals surface area (Å²) in [5.41, 5.74) is 10.5. The molecule has 0 heterocycles. The van der Waals surface area contributed by atoms with Crippen LogP contribution >= 0.6 is 0 Å². The second-order valence-corrected chi connectivity index (χ2v) is 6.76. The van der Waals surface area contributed by atoms with Gasteiger partial charge < -0.3 is 21.5 Å². The Morgan fingerprint density at radius 3 is 1.84 bits per heavy atom. The third-order valence-corrected chi connectivity index (χ3v) is 4.25. The first-order chi connectivity index (χ1) is 12.1. The molecule has 6 nitrogen and oxygen atoms in total. The van der Waals surface area contributed by atoms with E-state index in [1.807, 2.05) is 0 Å². The molecule has 2 amide bonds. The molecule has 6 heteroatoms. The Kier molecular flexibility index (Phi) is 16.6. The Morgan fingerprint density at radius 1 is 0.880 bits per heavy atom. The number of primary amides is 1. The second-order valence-electron chi connectivity index (χ2n) is 6.76. The van der Waals surface area contributed by atoms with Gasteiger partial charge in [0.1, 0.15) is 0 Å². The van der Waals surface area contributed by atoms with Gasteiger partial charge in [-0.05, 0) is 12.8 Å². The van der Waals surface area contributed by atoms with Crippen LogP contribution in [0, 0.1) is 0 Å². The van der Waals surface area contributed by atoms with Crippen molar-refractivity contribution in [3.05, 3.63) is 0 Å². The molecule has 0 saturated carbocycles. The van der Waals surface area contributed by atoms with Crippen molar-refractivity contribution >= 4 is 12.0 Å². The number of rotatable bonds is 17. The van der Waals surface area contributed by atoms with E-state index in [4.69, 9.17) is 16.2 Å². The second kappa shape index (κ2) is 17.5. The lowest BCUT2D eigenvalue weighted by Gasteiger charge is -2.11. The van der Waals surface area contributed by atoms with E-state index < -0.39 is 12.2 Å². The minimum Gasteiger partial charge on any atom is -0.466 e. The van der Waals surface area contributed by atoms with Crippen LogP contribution in [0.15, 0.2) is 0 Å². The number of amides is 2. The Hall–Kier alpha value is -1.30. The van der Waals surface area contributed by atoms with Crippen molar-refractivity contribution in [2.75, 3.05) is 6.61 Å². The molecule has 0 aliphatic carbocycles. The van der Waals surface area contributed by atoms with Crippen LogP contribution in [-0.4, -0.2) is 24.8 Å². The van der Waals surface area contributed by atoms with Crippen LogP contribution in [0.5, 0.6) is 0 Å². The molecule has 148 valence electrons. The van der Waals surface area contributed by atoms with Crippen LogP contribution in [0.3, 0.4) is 0 Å². The van der Waals surface area contributed by atoms with Gasteiger partial charge in [-0.1, -0.05) is 77.6 Å². The number of urea groups is 1. The standard InChI is InChI=1S/C19H39N3O3/c1-2-3-4-5-6-7-8-9-10-11-12-13-16-25-18(23)15-14-17(20)22-19(21)24/h17H,2-16,20H2,1H3,(H3,21,22,24). The number of esters is 1. The van der Waals surface area contributed by atoms with Crippen LogP contribution in [0.25, 0.3) is 0 Å². The number of hydrogen-bond donors (Lipinski definition) is 3. The van der Waals surface area contributed by atoms with E-state index in [9.17, 15) is 9.59 Å². The molecule has 0 aromatic rings. The first-order valence-electron chi connectivity index (χ1n) is 10.0. The maximum atomic E-state index is 11.5. The molecule has 1 unspecified atom stereocenters. The zero-order valence-electron chi connectivity index (χ0n) is 16.1. The van der Waals surface area contributed by atoms with Crippen molar-refractivity contribution in [1.82, 2.24) is 5.32 Å². The Balaban J connectivity index is 3.24. The largest absolute Gasteiger partial charge is 0.466 e. The molecule has 0 bridgehead atoms. The zero-order chi connectivity index (χ0) is 18.8. The lowest BCUT2D eigenvalue weighted by molar-refractivity contribution is -0.144. The van der Waals surface area contributed by atoms with Crippen molar-refractivity contribution in [3.63, 3.8) is 0 Å². The fourth-order valence-corrected chi connectivity index (χ4v) is 2.73. The average molecular weight is 358 g/mol. The van der Waals surface area contributed by atoms with Gasteiger partial charge in [-0.25, -0.2) is 4.79 Å². The van der Waals surface area contributed by atoms with E-state index in [0.717, 1.165) is 12.8 Å². The monoisotopic (exact) mass is 357 g/mol. The third kappa shape index (κ3) is 18.9. The maximum absolute atomic E-state index is 11.5. The minimum atomic E-state index is -0.683. The molecule has 0 radical (unpaired) electrons. The summed E-state index contributed by atoms with van der Waals surface area (Å²) in [4.78, 5) is 22.1.